The van der Waals surface area contributed by atoms with Crippen LogP contribution in [-0.4, -0.2) is 31.9 Å². The molecule has 0 spiro atoms. The van der Waals surface area contributed by atoms with Gasteiger partial charge in [0.2, 0.25) is 0 Å². The zero-order valence-electron chi connectivity index (χ0n) is 6.19. The third-order valence-corrected chi connectivity index (χ3v) is 2.76. The molecule has 0 saturated carbocycles. The summed E-state index contributed by atoms with van der Waals surface area (Å²) in [5.74, 6) is -1.79. The van der Waals surface area contributed by atoms with E-state index < -0.39 is 26.5 Å². The molecule has 7 heteroatoms. The molecule has 6 nitrogen and oxygen atoms in total. The van der Waals surface area contributed by atoms with E-state index in [1.807, 2.05) is 0 Å². The smallest absolute Gasteiger partial charge is 0.329 e. The zero-order valence-corrected chi connectivity index (χ0v) is 7.00. The normalized spacial score (nSPS) is 10.8. The highest BCUT2D eigenvalue weighted by Crippen LogP contribution is 2.05. The second-order valence-corrected chi connectivity index (χ2v) is 4.04. The van der Waals surface area contributed by atoms with Gasteiger partial charge in [-0.15, -0.1) is 0 Å². The molecule has 0 aromatic carbocycles. The Morgan fingerprint density at radius 1 is 1.58 bits per heavy atom. The lowest BCUT2D eigenvalue weighted by Crippen LogP contribution is -2.21. The quantitative estimate of drug-likeness (QED) is 0.334. The molecule has 0 fully saturated rings. The van der Waals surface area contributed by atoms with Crippen molar-refractivity contribution in [2.24, 2.45) is 5.73 Å². The minimum Gasteiger partial charge on any atom is -0.329 e. The molecule has 0 aromatic rings. The van der Waals surface area contributed by atoms with Crippen molar-refractivity contribution in [2.75, 3.05) is 12.3 Å². The third kappa shape index (κ3) is 2.61. The van der Waals surface area contributed by atoms with Crippen molar-refractivity contribution in [1.29, 1.82) is 0 Å². The molecule has 0 bridgehead atoms. The second-order valence-electron chi connectivity index (χ2n) is 1.91. The van der Waals surface area contributed by atoms with Crippen LogP contribution >= 0.6 is 0 Å². The van der Waals surface area contributed by atoms with Crippen molar-refractivity contribution in [3.63, 3.8) is 0 Å². The monoisotopic (exact) mass is 195 g/mol. The molecule has 0 radical (unpaired) electrons. The summed E-state index contributed by atoms with van der Waals surface area (Å²) in [4.78, 5) is 12.8. The van der Waals surface area contributed by atoms with Gasteiger partial charge >= 0.3 is 5.97 Å². The van der Waals surface area contributed by atoms with E-state index in [-0.39, 0.29) is 6.54 Å². The van der Waals surface area contributed by atoms with Gasteiger partial charge in [-0.25, -0.2) is 13.2 Å². The highest BCUT2D eigenvalue weighted by Gasteiger charge is 2.23. The molecular weight excluding hydrogens is 186 g/mol. The topological polar surface area (TPSA) is 107 Å². The molecule has 70 valence electrons. The minimum atomic E-state index is -3.78. The first-order valence-electron chi connectivity index (χ1n) is 2.93. The van der Waals surface area contributed by atoms with Crippen molar-refractivity contribution < 1.29 is 23.4 Å². The van der Waals surface area contributed by atoms with E-state index in [2.05, 4.69) is 11.5 Å². The van der Waals surface area contributed by atoms with E-state index in [4.69, 9.17) is 11.0 Å². The predicted molar refractivity (Wildman–Crippen MR) is 40.7 cm³/mol. The lowest BCUT2D eigenvalue weighted by Gasteiger charge is -2.01. The van der Waals surface area contributed by atoms with Crippen LogP contribution in [0.4, 0.5) is 0 Å². The van der Waals surface area contributed by atoms with Crippen molar-refractivity contribution in [3.8, 4) is 0 Å². The fourth-order valence-electron chi connectivity index (χ4n) is 0.456. The summed E-state index contributed by atoms with van der Waals surface area (Å²) in [6, 6.07) is 0. The average Bonchev–Trinajstić information content (AvgIpc) is 2.01. The molecular formula is C5H9NO5S. The van der Waals surface area contributed by atoms with Gasteiger partial charge in [-0.1, -0.05) is 6.58 Å². The van der Waals surface area contributed by atoms with Crippen LogP contribution in [0.1, 0.15) is 0 Å². The van der Waals surface area contributed by atoms with Gasteiger partial charge in [0.15, 0.2) is 9.84 Å². The Morgan fingerprint density at radius 2 is 2.08 bits per heavy atom. The fraction of sp³-hybridized carbons (Fsp3) is 0.400. The molecule has 0 atom stereocenters. The molecule has 0 aliphatic carbocycles. The van der Waals surface area contributed by atoms with Crippen LogP contribution in [0.2, 0.25) is 0 Å². The Bertz CT molecular complexity index is 280. The predicted octanol–water partition coefficient (Wildman–Crippen LogP) is -1.11. The standard InChI is InChI=1S/C5H9NO5S/c1-4(5(7)11-8)12(9,10)3-2-6/h8H,1-3,6H2. The molecule has 12 heavy (non-hydrogen) atoms. The Labute approximate surface area is 69.5 Å². The first kappa shape index (κ1) is 11.1. The number of rotatable bonds is 4. The van der Waals surface area contributed by atoms with Crippen molar-refractivity contribution in [3.05, 3.63) is 11.5 Å². The van der Waals surface area contributed by atoms with E-state index in [1.165, 1.54) is 0 Å². The van der Waals surface area contributed by atoms with E-state index >= 15 is 0 Å². The molecule has 3 N–H and O–H groups in total. The molecule has 0 unspecified atom stereocenters. The molecule has 0 amide bonds. The molecule has 0 saturated heterocycles. The third-order valence-electron chi connectivity index (χ3n) is 1.07. The SMILES string of the molecule is C=C(C(=O)OO)S(=O)(=O)CCN. The first-order chi connectivity index (χ1) is 5.45. The van der Waals surface area contributed by atoms with Gasteiger partial charge in [0.1, 0.15) is 4.91 Å². The largest absolute Gasteiger partial charge is 0.383 e. The minimum absolute atomic E-state index is 0.125. The highest BCUT2D eigenvalue weighted by atomic mass is 32.2. The van der Waals surface area contributed by atoms with Crippen molar-refractivity contribution >= 4 is 15.8 Å². The van der Waals surface area contributed by atoms with Crippen LogP contribution in [0.5, 0.6) is 0 Å². The Balaban J connectivity index is 4.59. The number of nitrogens with two attached hydrogens (primary N) is 1. The number of hydrogen-bond donors (Lipinski definition) is 2. The zero-order chi connectivity index (χ0) is 9.78. The van der Waals surface area contributed by atoms with Gasteiger partial charge in [-0.3, -0.25) is 4.89 Å². The maximum absolute atomic E-state index is 10.9. The number of carbonyl (C=O) groups excluding carboxylic acids is 1. The van der Waals surface area contributed by atoms with Crippen LogP contribution in [0, 0.1) is 0 Å². The van der Waals surface area contributed by atoms with Crippen molar-refractivity contribution in [1.82, 2.24) is 0 Å². The van der Waals surface area contributed by atoms with Crippen LogP contribution < -0.4 is 5.73 Å². The lowest BCUT2D eigenvalue weighted by atomic mass is 10.7. The molecule has 0 heterocycles. The lowest BCUT2D eigenvalue weighted by molar-refractivity contribution is -0.228. The summed E-state index contributed by atoms with van der Waals surface area (Å²) in [6.45, 7) is 2.81. The molecule has 0 aliphatic heterocycles. The van der Waals surface area contributed by atoms with E-state index in [0.717, 1.165) is 0 Å². The van der Waals surface area contributed by atoms with Gasteiger partial charge in [0, 0.05) is 6.54 Å². The van der Waals surface area contributed by atoms with Crippen molar-refractivity contribution in [2.45, 2.75) is 0 Å². The number of carbonyl (C=O) groups is 1. The van der Waals surface area contributed by atoms with Crippen LogP contribution in [0.3, 0.4) is 0 Å². The summed E-state index contributed by atoms with van der Waals surface area (Å²) in [6.07, 6.45) is 0. The van der Waals surface area contributed by atoms with Gasteiger partial charge < -0.3 is 5.73 Å². The Morgan fingerprint density at radius 3 is 2.42 bits per heavy atom. The highest BCUT2D eigenvalue weighted by molar-refractivity contribution is 7.96. The maximum atomic E-state index is 10.9. The second kappa shape index (κ2) is 4.19. The molecule has 0 aromatic heterocycles. The number of sulfone groups is 1. The van der Waals surface area contributed by atoms with E-state index in [9.17, 15) is 13.2 Å². The summed E-state index contributed by atoms with van der Waals surface area (Å²) in [5, 5.41) is 7.83. The maximum Gasteiger partial charge on any atom is 0.383 e. The molecule has 0 rings (SSSR count). The first-order valence-corrected chi connectivity index (χ1v) is 4.58. The average molecular weight is 195 g/mol. The van der Waals surface area contributed by atoms with Crippen LogP contribution in [-0.2, 0) is 19.5 Å². The summed E-state index contributed by atoms with van der Waals surface area (Å²) in [7, 11) is -3.78. The Hall–Kier alpha value is -0.920. The van der Waals surface area contributed by atoms with Gasteiger partial charge in [0.05, 0.1) is 5.75 Å². The fourth-order valence-corrected chi connectivity index (χ4v) is 1.30. The van der Waals surface area contributed by atoms with Gasteiger partial charge in [0.25, 0.3) is 0 Å². The van der Waals surface area contributed by atoms with Gasteiger partial charge in [-0.2, -0.15) is 5.26 Å². The van der Waals surface area contributed by atoms with E-state index in [0.29, 0.717) is 0 Å². The summed E-state index contributed by atoms with van der Waals surface area (Å²) < 4.78 is 21.9. The Kier molecular flexibility index (Phi) is 3.87. The summed E-state index contributed by atoms with van der Waals surface area (Å²) >= 11 is 0. The molecule has 0 aliphatic rings. The van der Waals surface area contributed by atoms with Crippen LogP contribution in [0.25, 0.3) is 0 Å². The summed E-state index contributed by atoms with van der Waals surface area (Å²) in [5.41, 5.74) is 4.96. The van der Waals surface area contributed by atoms with Gasteiger partial charge in [-0.05, 0) is 0 Å². The van der Waals surface area contributed by atoms with Crippen LogP contribution in [0.15, 0.2) is 11.5 Å². The number of hydrogen-bond acceptors (Lipinski definition) is 6. The van der Waals surface area contributed by atoms with E-state index in [1.54, 1.807) is 0 Å².